The van der Waals surface area contributed by atoms with Crippen LogP contribution in [0, 0.1) is 18.3 Å². The summed E-state index contributed by atoms with van der Waals surface area (Å²) in [7, 11) is -1.35. The van der Waals surface area contributed by atoms with E-state index in [9.17, 15) is 9.47 Å². The van der Waals surface area contributed by atoms with E-state index in [0.29, 0.717) is 10.6 Å². The van der Waals surface area contributed by atoms with Gasteiger partial charge in [0.1, 0.15) is 11.1 Å². The van der Waals surface area contributed by atoms with Gasteiger partial charge in [0.15, 0.2) is 0 Å². The van der Waals surface area contributed by atoms with Crippen molar-refractivity contribution in [1.82, 2.24) is 4.98 Å². The smallest absolute Gasteiger partial charge is 0.146 e. The number of nitriles is 1. The quantitative estimate of drug-likeness (QED) is 0.717. The maximum Gasteiger partial charge on any atom is 0.146 e. The molecule has 0 fully saturated rings. The van der Waals surface area contributed by atoms with Crippen LogP contribution in [-0.4, -0.2) is 15.4 Å². The van der Waals surface area contributed by atoms with Gasteiger partial charge in [0.2, 0.25) is 0 Å². The van der Waals surface area contributed by atoms with Gasteiger partial charge < -0.3 is 0 Å². The Bertz CT molecular complexity index is 942. The van der Waals surface area contributed by atoms with E-state index >= 15 is 0 Å². The molecule has 0 spiro atoms. The summed E-state index contributed by atoms with van der Waals surface area (Å²) < 4.78 is 12.1. The van der Waals surface area contributed by atoms with Crippen molar-refractivity contribution in [3.63, 3.8) is 0 Å². The van der Waals surface area contributed by atoms with Gasteiger partial charge in [0, 0.05) is 17.4 Å². The molecular formula is C20H16N2OS. The average molecular weight is 332 g/mol. The highest BCUT2D eigenvalue weighted by Crippen LogP contribution is 2.31. The Kier molecular flexibility index (Phi) is 4.54. The van der Waals surface area contributed by atoms with Crippen LogP contribution >= 0.6 is 0 Å². The fourth-order valence-electron chi connectivity index (χ4n) is 2.56. The zero-order valence-corrected chi connectivity index (χ0v) is 14.3. The van der Waals surface area contributed by atoms with Crippen LogP contribution in [0.5, 0.6) is 0 Å². The number of hydrogen-bond acceptors (Lipinski definition) is 3. The van der Waals surface area contributed by atoms with Crippen LogP contribution in [0.4, 0.5) is 0 Å². The van der Waals surface area contributed by atoms with E-state index in [-0.39, 0.29) is 0 Å². The van der Waals surface area contributed by atoms with Crippen LogP contribution < -0.4 is 0 Å². The summed E-state index contributed by atoms with van der Waals surface area (Å²) in [5.41, 5.74) is 4.87. The van der Waals surface area contributed by atoms with Gasteiger partial charge in [-0.1, -0.05) is 60.2 Å². The topological polar surface area (TPSA) is 53.8 Å². The first-order valence-corrected chi connectivity index (χ1v) is 9.07. The largest absolute Gasteiger partial charge is 0.253 e. The highest BCUT2D eigenvalue weighted by Gasteiger charge is 2.17. The summed E-state index contributed by atoms with van der Waals surface area (Å²) in [6, 6.07) is 21.7. The molecule has 3 rings (SSSR count). The molecule has 1 atom stereocenters. The first-order chi connectivity index (χ1) is 11.6. The molecule has 0 saturated carbocycles. The molecule has 0 saturated heterocycles. The van der Waals surface area contributed by atoms with Crippen molar-refractivity contribution in [3.8, 4) is 28.5 Å². The minimum absolute atomic E-state index is 0.328. The molecule has 118 valence electrons. The van der Waals surface area contributed by atoms with Crippen molar-refractivity contribution in [2.45, 2.75) is 11.9 Å². The molecule has 0 N–H and O–H groups in total. The van der Waals surface area contributed by atoms with Crippen LogP contribution in [-0.2, 0) is 10.8 Å². The monoisotopic (exact) mass is 332 g/mol. The molecule has 0 unspecified atom stereocenters. The molecule has 0 aliphatic carbocycles. The Balaban J connectivity index is 2.29. The summed E-state index contributed by atoms with van der Waals surface area (Å²) >= 11 is 0. The first-order valence-electron chi connectivity index (χ1n) is 7.51. The van der Waals surface area contributed by atoms with Gasteiger partial charge in [-0.3, -0.25) is 4.21 Å². The van der Waals surface area contributed by atoms with E-state index < -0.39 is 10.8 Å². The summed E-state index contributed by atoms with van der Waals surface area (Å²) in [6.07, 6.45) is 1.55. The SMILES string of the molecule is Cc1ccc(-c2cc(-c3ccccc3)c(C#N)c([S@@](C)=O)n2)cc1. The normalized spacial score (nSPS) is 11.7. The first kappa shape index (κ1) is 16.1. The molecule has 0 aliphatic rings. The van der Waals surface area contributed by atoms with Crippen molar-refractivity contribution >= 4 is 10.8 Å². The van der Waals surface area contributed by atoms with E-state index in [1.807, 2.05) is 67.6 Å². The lowest BCUT2D eigenvalue weighted by Crippen LogP contribution is -2.01. The minimum Gasteiger partial charge on any atom is -0.253 e. The van der Waals surface area contributed by atoms with E-state index in [1.165, 1.54) is 0 Å². The molecule has 0 amide bonds. The van der Waals surface area contributed by atoms with Gasteiger partial charge in [-0.25, -0.2) is 4.98 Å². The Hall–Kier alpha value is -2.77. The maximum atomic E-state index is 12.1. The summed E-state index contributed by atoms with van der Waals surface area (Å²) in [6.45, 7) is 2.03. The molecule has 1 heterocycles. The lowest BCUT2D eigenvalue weighted by molar-refractivity contribution is 0.684. The van der Waals surface area contributed by atoms with Crippen LogP contribution in [0.3, 0.4) is 0 Å². The molecule has 2 aromatic carbocycles. The predicted octanol–water partition coefficient (Wildman–Crippen LogP) is 4.33. The van der Waals surface area contributed by atoms with Gasteiger partial charge >= 0.3 is 0 Å². The van der Waals surface area contributed by atoms with Crippen molar-refractivity contribution in [3.05, 3.63) is 71.8 Å². The Morgan fingerprint density at radius 1 is 1.00 bits per heavy atom. The summed E-state index contributed by atoms with van der Waals surface area (Å²) in [5.74, 6) is 0. The van der Waals surface area contributed by atoms with Crippen molar-refractivity contribution in [2.75, 3.05) is 6.26 Å². The van der Waals surface area contributed by atoms with Gasteiger partial charge in [-0.2, -0.15) is 5.26 Å². The molecule has 3 nitrogen and oxygen atoms in total. The van der Waals surface area contributed by atoms with Crippen molar-refractivity contribution in [2.24, 2.45) is 0 Å². The van der Waals surface area contributed by atoms with Crippen LogP contribution in [0.1, 0.15) is 11.1 Å². The fourth-order valence-corrected chi connectivity index (χ4v) is 3.23. The highest BCUT2D eigenvalue weighted by atomic mass is 32.2. The highest BCUT2D eigenvalue weighted by molar-refractivity contribution is 7.84. The Morgan fingerprint density at radius 3 is 2.25 bits per heavy atom. The molecule has 1 aromatic heterocycles. The summed E-state index contributed by atoms with van der Waals surface area (Å²) in [4.78, 5) is 4.51. The van der Waals surface area contributed by atoms with Gasteiger partial charge in [-0.05, 0) is 18.6 Å². The fraction of sp³-hybridized carbons (Fsp3) is 0.100. The number of nitrogens with zero attached hydrogens (tertiary/aromatic N) is 2. The second-order valence-corrected chi connectivity index (χ2v) is 6.83. The number of rotatable bonds is 3. The molecule has 0 radical (unpaired) electrons. The van der Waals surface area contributed by atoms with Gasteiger partial charge in [-0.15, -0.1) is 0 Å². The number of aryl methyl sites for hydroxylation is 1. The Morgan fingerprint density at radius 2 is 1.67 bits per heavy atom. The molecule has 24 heavy (non-hydrogen) atoms. The van der Waals surface area contributed by atoms with E-state index in [2.05, 4.69) is 11.1 Å². The zero-order valence-electron chi connectivity index (χ0n) is 13.5. The lowest BCUT2D eigenvalue weighted by Gasteiger charge is -2.11. The van der Waals surface area contributed by atoms with Crippen LogP contribution in [0.25, 0.3) is 22.4 Å². The third kappa shape index (κ3) is 3.12. The van der Waals surface area contributed by atoms with Gasteiger partial charge in [0.25, 0.3) is 0 Å². The number of hydrogen-bond donors (Lipinski definition) is 0. The second kappa shape index (κ2) is 6.77. The van der Waals surface area contributed by atoms with Crippen LogP contribution in [0.15, 0.2) is 65.7 Å². The third-order valence-corrected chi connectivity index (χ3v) is 4.64. The molecule has 3 aromatic rings. The second-order valence-electron chi connectivity index (χ2n) is 5.53. The maximum absolute atomic E-state index is 12.1. The van der Waals surface area contributed by atoms with Crippen LogP contribution in [0.2, 0.25) is 0 Å². The average Bonchev–Trinajstić information content (AvgIpc) is 2.62. The number of pyridine rings is 1. The summed E-state index contributed by atoms with van der Waals surface area (Å²) in [5, 5.41) is 9.91. The van der Waals surface area contributed by atoms with E-state index in [0.717, 1.165) is 27.9 Å². The van der Waals surface area contributed by atoms with E-state index in [4.69, 9.17) is 0 Å². The molecular weight excluding hydrogens is 316 g/mol. The molecule has 4 heteroatoms. The standard InChI is InChI=1S/C20H16N2OS/c1-14-8-10-16(11-9-14)19-12-17(15-6-4-3-5-7-15)18(13-21)20(22-19)24(2)23/h3-12H,1-2H3/t24-/m1/s1. The number of benzene rings is 2. The van der Waals surface area contributed by atoms with Gasteiger partial charge in [0.05, 0.1) is 22.1 Å². The zero-order chi connectivity index (χ0) is 17.1. The predicted molar refractivity (Wildman–Crippen MR) is 96.9 cm³/mol. The molecule has 0 aliphatic heterocycles. The minimum atomic E-state index is -1.35. The lowest BCUT2D eigenvalue weighted by atomic mass is 9.99. The number of aromatic nitrogens is 1. The third-order valence-electron chi connectivity index (χ3n) is 3.80. The Labute approximate surface area is 144 Å². The van der Waals surface area contributed by atoms with Crippen molar-refractivity contribution in [1.29, 1.82) is 5.26 Å². The van der Waals surface area contributed by atoms with E-state index in [1.54, 1.807) is 6.26 Å². The molecule has 0 bridgehead atoms. The van der Waals surface area contributed by atoms with Crippen molar-refractivity contribution < 1.29 is 4.21 Å².